The smallest absolute Gasteiger partial charge is 0.238 e. The van der Waals surface area contributed by atoms with Crippen LogP contribution in [0, 0.1) is 0 Å². The van der Waals surface area contributed by atoms with Crippen LogP contribution in [-0.2, 0) is 13.9 Å². The quantitative estimate of drug-likeness (QED) is 0.354. The van der Waals surface area contributed by atoms with E-state index in [-0.39, 0.29) is 5.91 Å². The molecule has 0 aromatic carbocycles. The number of methoxy groups -OCH3 is 2. The van der Waals surface area contributed by atoms with E-state index in [4.69, 9.17) is 13.9 Å². The first kappa shape index (κ1) is 13.8. The molecule has 0 aliphatic carbocycles. The highest BCUT2D eigenvalue weighted by molar-refractivity contribution is 6.52. The van der Waals surface area contributed by atoms with Gasteiger partial charge >= 0.3 is 0 Å². The van der Waals surface area contributed by atoms with Gasteiger partial charge in [0.05, 0.1) is 6.61 Å². The van der Waals surface area contributed by atoms with Crippen LogP contribution in [0.2, 0.25) is 6.04 Å². The Labute approximate surface area is 88.8 Å². The topological polar surface area (TPSA) is 27.7 Å². The summed E-state index contributed by atoms with van der Waals surface area (Å²) >= 11 is 0. The average Bonchev–Trinajstić information content (AvgIpc) is 2.15. The minimum Gasteiger partial charge on any atom is -0.410 e. The zero-order chi connectivity index (χ0) is 11.0. The SMILES string of the molecule is C=C(C)CO[SiH](CCC)C(OC)OC. The second-order valence-corrected chi connectivity index (χ2v) is 5.97. The predicted octanol–water partition coefficient (Wildman–Crippen LogP) is 1.87. The van der Waals surface area contributed by atoms with Crippen molar-refractivity contribution >= 4 is 9.04 Å². The number of hydrogen-bond acceptors (Lipinski definition) is 3. The normalized spacial score (nSPS) is 13.2. The molecule has 0 N–H and O–H groups in total. The molecule has 0 bridgehead atoms. The molecule has 0 saturated carbocycles. The predicted molar refractivity (Wildman–Crippen MR) is 60.8 cm³/mol. The monoisotopic (exact) mass is 218 g/mol. The lowest BCUT2D eigenvalue weighted by atomic mass is 10.4. The Balaban J connectivity index is 4.04. The molecule has 0 spiro atoms. The van der Waals surface area contributed by atoms with Gasteiger partial charge in [0.1, 0.15) is 0 Å². The zero-order valence-electron chi connectivity index (χ0n) is 9.71. The molecule has 3 nitrogen and oxygen atoms in total. The maximum atomic E-state index is 5.78. The van der Waals surface area contributed by atoms with Crippen molar-refractivity contribution in [3.8, 4) is 0 Å². The molecule has 0 aromatic rings. The van der Waals surface area contributed by atoms with E-state index in [1.807, 2.05) is 6.92 Å². The highest BCUT2D eigenvalue weighted by Gasteiger charge is 2.23. The van der Waals surface area contributed by atoms with Crippen molar-refractivity contribution in [2.24, 2.45) is 0 Å². The van der Waals surface area contributed by atoms with Gasteiger partial charge < -0.3 is 13.9 Å². The lowest BCUT2D eigenvalue weighted by Gasteiger charge is -2.23. The highest BCUT2D eigenvalue weighted by Crippen LogP contribution is 2.09. The number of ether oxygens (including phenoxy) is 2. The van der Waals surface area contributed by atoms with E-state index in [1.165, 1.54) is 0 Å². The van der Waals surface area contributed by atoms with Crippen LogP contribution >= 0.6 is 0 Å². The summed E-state index contributed by atoms with van der Waals surface area (Å²) in [4.78, 5) is 0. The Bertz CT molecular complexity index is 157. The third kappa shape index (κ3) is 5.54. The average molecular weight is 218 g/mol. The molecule has 1 atom stereocenters. The fraction of sp³-hybridized carbons (Fsp3) is 0.800. The van der Waals surface area contributed by atoms with Gasteiger partial charge in [-0.3, -0.25) is 0 Å². The van der Waals surface area contributed by atoms with Gasteiger partial charge in [-0.2, -0.15) is 0 Å². The van der Waals surface area contributed by atoms with Crippen LogP contribution in [0.5, 0.6) is 0 Å². The Hall–Kier alpha value is -0.163. The molecule has 0 radical (unpaired) electrons. The first-order valence-electron chi connectivity index (χ1n) is 4.97. The van der Waals surface area contributed by atoms with Crippen LogP contribution < -0.4 is 0 Å². The van der Waals surface area contributed by atoms with Gasteiger partial charge in [0.25, 0.3) is 0 Å². The Kier molecular flexibility index (Phi) is 8.08. The molecule has 0 fully saturated rings. The zero-order valence-corrected chi connectivity index (χ0v) is 10.9. The van der Waals surface area contributed by atoms with Crippen LogP contribution in [0.1, 0.15) is 20.3 Å². The first-order valence-corrected chi connectivity index (χ1v) is 6.92. The third-order valence-corrected chi connectivity index (χ3v) is 4.78. The van der Waals surface area contributed by atoms with Crippen molar-refractivity contribution in [1.29, 1.82) is 0 Å². The lowest BCUT2D eigenvalue weighted by molar-refractivity contribution is -0.0572. The van der Waals surface area contributed by atoms with Crippen molar-refractivity contribution in [1.82, 2.24) is 0 Å². The van der Waals surface area contributed by atoms with Crippen LogP contribution in [-0.4, -0.2) is 35.8 Å². The lowest BCUT2D eigenvalue weighted by Crippen LogP contribution is -2.37. The van der Waals surface area contributed by atoms with Gasteiger partial charge in [0.15, 0.2) is 5.91 Å². The molecule has 14 heavy (non-hydrogen) atoms. The van der Waals surface area contributed by atoms with Crippen molar-refractivity contribution in [2.75, 3.05) is 20.8 Å². The minimum atomic E-state index is -1.41. The molecule has 0 amide bonds. The molecule has 0 aliphatic heterocycles. The van der Waals surface area contributed by atoms with Crippen LogP contribution in [0.4, 0.5) is 0 Å². The molecule has 0 aromatic heterocycles. The molecule has 0 saturated heterocycles. The summed E-state index contributed by atoms with van der Waals surface area (Å²) in [5.41, 5.74) is 1.05. The maximum absolute atomic E-state index is 5.78. The molecule has 0 rings (SSSR count). The first-order chi connectivity index (χ1) is 6.65. The minimum absolute atomic E-state index is 0.144. The van der Waals surface area contributed by atoms with E-state index < -0.39 is 9.04 Å². The number of rotatable bonds is 8. The Morgan fingerprint density at radius 3 is 2.29 bits per heavy atom. The van der Waals surface area contributed by atoms with Gasteiger partial charge in [-0.05, 0) is 13.0 Å². The summed E-state index contributed by atoms with van der Waals surface area (Å²) in [5.74, 6) is -0.144. The van der Waals surface area contributed by atoms with Crippen LogP contribution in [0.25, 0.3) is 0 Å². The van der Waals surface area contributed by atoms with Crippen molar-refractivity contribution in [3.63, 3.8) is 0 Å². The van der Waals surface area contributed by atoms with Gasteiger partial charge in [-0.25, -0.2) is 0 Å². The van der Waals surface area contributed by atoms with Crippen molar-refractivity contribution in [3.05, 3.63) is 12.2 Å². The second kappa shape index (κ2) is 8.17. The summed E-state index contributed by atoms with van der Waals surface area (Å²) in [6.07, 6.45) is 1.11. The molecular formula is C10H22O3Si. The van der Waals surface area contributed by atoms with Crippen LogP contribution in [0.3, 0.4) is 0 Å². The molecular weight excluding hydrogens is 196 g/mol. The van der Waals surface area contributed by atoms with E-state index in [2.05, 4.69) is 13.5 Å². The summed E-state index contributed by atoms with van der Waals surface area (Å²) in [5, 5.41) is 0. The largest absolute Gasteiger partial charge is 0.410 e. The summed E-state index contributed by atoms with van der Waals surface area (Å²) in [6.45, 7) is 8.55. The van der Waals surface area contributed by atoms with E-state index >= 15 is 0 Å². The van der Waals surface area contributed by atoms with Gasteiger partial charge in [0.2, 0.25) is 9.04 Å². The van der Waals surface area contributed by atoms with E-state index in [1.54, 1.807) is 14.2 Å². The van der Waals surface area contributed by atoms with Gasteiger partial charge in [0, 0.05) is 14.2 Å². The Morgan fingerprint density at radius 1 is 1.36 bits per heavy atom. The second-order valence-electron chi connectivity index (χ2n) is 3.44. The van der Waals surface area contributed by atoms with Gasteiger partial charge in [-0.15, -0.1) is 0 Å². The highest BCUT2D eigenvalue weighted by atomic mass is 28.3. The maximum Gasteiger partial charge on any atom is 0.238 e. The molecule has 1 unspecified atom stereocenters. The summed E-state index contributed by atoms with van der Waals surface area (Å²) in [7, 11) is 1.91. The van der Waals surface area contributed by atoms with Crippen molar-refractivity contribution in [2.45, 2.75) is 32.2 Å². The standard InChI is InChI=1S/C10H22O3Si/c1-6-7-14(10(11-4)12-5)13-8-9(2)3/h10,14H,2,6-8H2,1,3-5H3. The molecule has 0 heterocycles. The third-order valence-electron chi connectivity index (χ3n) is 1.89. The van der Waals surface area contributed by atoms with E-state index in [0.29, 0.717) is 6.61 Å². The fourth-order valence-electron chi connectivity index (χ4n) is 1.23. The summed E-state index contributed by atoms with van der Waals surface area (Å²) in [6, 6.07) is 1.07. The summed E-state index contributed by atoms with van der Waals surface area (Å²) < 4.78 is 16.2. The van der Waals surface area contributed by atoms with E-state index in [0.717, 1.165) is 18.0 Å². The Morgan fingerprint density at radius 2 is 1.93 bits per heavy atom. The molecule has 0 aliphatic rings. The molecule has 84 valence electrons. The molecule has 4 heteroatoms. The fourth-order valence-corrected chi connectivity index (χ4v) is 3.50. The number of hydrogen-bond donors (Lipinski definition) is 0. The van der Waals surface area contributed by atoms with Crippen LogP contribution in [0.15, 0.2) is 12.2 Å². The van der Waals surface area contributed by atoms with Crippen molar-refractivity contribution < 1.29 is 13.9 Å². The van der Waals surface area contributed by atoms with E-state index in [9.17, 15) is 0 Å². The van der Waals surface area contributed by atoms with Gasteiger partial charge in [-0.1, -0.05) is 25.5 Å².